The lowest BCUT2D eigenvalue weighted by Crippen LogP contribution is -2.26. The molecule has 2 N–H and O–H groups in total. The van der Waals surface area contributed by atoms with Gasteiger partial charge in [0.1, 0.15) is 11.6 Å². The third-order valence-corrected chi connectivity index (χ3v) is 4.66. The molecule has 0 fully saturated rings. The molecule has 0 radical (unpaired) electrons. The van der Waals surface area contributed by atoms with Gasteiger partial charge in [-0.25, -0.2) is 9.49 Å². The maximum Gasteiger partial charge on any atom is 0.264 e. The molecule has 2 aromatic heterocycles. The molecule has 3 heterocycles. The summed E-state index contributed by atoms with van der Waals surface area (Å²) in [6, 6.07) is 7.22. The van der Waals surface area contributed by atoms with Crippen molar-refractivity contribution < 1.29 is 9.18 Å². The van der Waals surface area contributed by atoms with E-state index in [1.165, 1.54) is 28.9 Å². The number of nitrogens with zero attached hydrogens (tertiary/aromatic N) is 3. The zero-order valence-electron chi connectivity index (χ0n) is 13.6. The van der Waals surface area contributed by atoms with Crippen LogP contribution in [0.25, 0.3) is 5.82 Å². The molecule has 1 atom stereocenters. The van der Waals surface area contributed by atoms with Crippen LogP contribution in [-0.4, -0.2) is 25.9 Å². The number of anilines is 1. The number of hydrogen-bond acceptors (Lipinski definition) is 4. The predicted molar refractivity (Wildman–Crippen MR) is 93.2 cm³/mol. The number of nitrogens with one attached hydrogen (secondary N) is 2. The van der Waals surface area contributed by atoms with Crippen molar-refractivity contribution in [1.29, 1.82) is 0 Å². The molecule has 0 bridgehead atoms. The van der Waals surface area contributed by atoms with Crippen molar-refractivity contribution in [2.24, 2.45) is 0 Å². The van der Waals surface area contributed by atoms with Crippen molar-refractivity contribution in [2.45, 2.75) is 19.3 Å². The number of fused-ring (bicyclic) bond motifs is 1. The highest BCUT2D eigenvalue weighted by atomic mass is 35.5. The highest BCUT2D eigenvalue weighted by Crippen LogP contribution is 2.42. The van der Waals surface area contributed by atoms with Crippen molar-refractivity contribution in [3.63, 3.8) is 0 Å². The van der Waals surface area contributed by atoms with Crippen LogP contribution >= 0.6 is 11.6 Å². The summed E-state index contributed by atoms with van der Waals surface area (Å²) < 4.78 is 15.9. The molecule has 7 nitrogen and oxygen atoms in total. The maximum absolute atomic E-state index is 14.5. The Morgan fingerprint density at radius 2 is 2.04 bits per heavy atom. The average molecular weight is 374 g/mol. The fourth-order valence-electron chi connectivity index (χ4n) is 3.26. The van der Waals surface area contributed by atoms with Gasteiger partial charge in [0.05, 0.1) is 5.69 Å². The van der Waals surface area contributed by atoms with Gasteiger partial charge in [-0.05, 0) is 25.1 Å². The van der Waals surface area contributed by atoms with Crippen LogP contribution in [0.1, 0.15) is 29.2 Å². The summed E-state index contributed by atoms with van der Waals surface area (Å²) in [6.07, 6.45) is 0.0548. The van der Waals surface area contributed by atoms with Gasteiger partial charge in [-0.3, -0.25) is 9.59 Å². The van der Waals surface area contributed by atoms with E-state index in [2.05, 4.69) is 20.6 Å². The third kappa shape index (κ3) is 2.59. The summed E-state index contributed by atoms with van der Waals surface area (Å²) in [5, 5.41) is 13.7. The Morgan fingerprint density at radius 1 is 1.23 bits per heavy atom. The zero-order chi connectivity index (χ0) is 18.4. The van der Waals surface area contributed by atoms with Crippen LogP contribution in [0.4, 0.5) is 10.2 Å². The number of aryl methyl sites for hydroxylation is 1. The standard InChI is InChI=1S/C17H13ClFN5O2/c1-8-15-9(16-10(18)3-2-4-11(16)19)7-14(26)20-17(15)24(23-8)12-5-6-13(25)22-21-12/h2-6,9H,7H2,1H3,(H,20,26)(H,22,25)/t9-/m1/s1. The van der Waals surface area contributed by atoms with E-state index in [1.807, 2.05) is 0 Å². The molecular weight excluding hydrogens is 361 g/mol. The van der Waals surface area contributed by atoms with E-state index >= 15 is 0 Å². The summed E-state index contributed by atoms with van der Waals surface area (Å²) >= 11 is 6.22. The number of aromatic amines is 1. The van der Waals surface area contributed by atoms with Gasteiger partial charge in [0.2, 0.25) is 5.91 Å². The molecule has 4 rings (SSSR count). The largest absolute Gasteiger partial charge is 0.310 e. The summed E-state index contributed by atoms with van der Waals surface area (Å²) in [5.74, 6) is -0.606. The molecule has 0 saturated carbocycles. The Morgan fingerprint density at radius 3 is 2.73 bits per heavy atom. The monoisotopic (exact) mass is 373 g/mol. The normalized spacial score (nSPS) is 16.3. The van der Waals surface area contributed by atoms with Gasteiger partial charge in [0, 0.05) is 34.6 Å². The second-order valence-electron chi connectivity index (χ2n) is 5.98. The lowest BCUT2D eigenvalue weighted by atomic mass is 9.85. The Hall–Kier alpha value is -3.00. The molecule has 1 aliphatic heterocycles. The minimum absolute atomic E-state index is 0.0548. The quantitative estimate of drug-likeness (QED) is 0.722. The molecule has 3 aromatic rings. The lowest BCUT2D eigenvalue weighted by Gasteiger charge is -2.25. The molecule has 1 aromatic carbocycles. The lowest BCUT2D eigenvalue weighted by molar-refractivity contribution is -0.116. The molecule has 1 amide bonds. The molecule has 0 spiro atoms. The Balaban J connectivity index is 1.93. The van der Waals surface area contributed by atoms with Gasteiger partial charge in [0.15, 0.2) is 5.82 Å². The first-order valence-corrected chi connectivity index (χ1v) is 8.23. The number of rotatable bonds is 2. The van der Waals surface area contributed by atoms with Crippen LogP contribution in [0.3, 0.4) is 0 Å². The van der Waals surface area contributed by atoms with Crippen LogP contribution in [-0.2, 0) is 4.79 Å². The fourth-order valence-corrected chi connectivity index (χ4v) is 3.55. The van der Waals surface area contributed by atoms with Gasteiger partial charge >= 0.3 is 0 Å². The van der Waals surface area contributed by atoms with E-state index in [1.54, 1.807) is 13.0 Å². The molecule has 0 unspecified atom stereocenters. The topological polar surface area (TPSA) is 92.7 Å². The molecule has 132 valence electrons. The van der Waals surface area contributed by atoms with Gasteiger partial charge < -0.3 is 5.32 Å². The molecule has 0 aliphatic carbocycles. The summed E-state index contributed by atoms with van der Waals surface area (Å²) in [4.78, 5) is 23.5. The molecule has 1 aliphatic rings. The highest BCUT2D eigenvalue weighted by molar-refractivity contribution is 6.31. The van der Waals surface area contributed by atoms with Gasteiger partial charge in [-0.15, -0.1) is 0 Å². The van der Waals surface area contributed by atoms with Crippen molar-refractivity contribution in [1.82, 2.24) is 20.0 Å². The predicted octanol–water partition coefficient (Wildman–Crippen LogP) is 2.53. The van der Waals surface area contributed by atoms with Crippen molar-refractivity contribution in [3.05, 3.63) is 68.3 Å². The van der Waals surface area contributed by atoms with Gasteiger partial charge in [-0.2, -0.15) is 14.9 Å². The average Bonchev–Trinajstić information content (AvgIpc) is 2.92. The molecule has 0 saturated heterocycles. The van der Waals surface area contributed by atoms with E-state index in [0.29, 0.717) is 22.9 Å². The highest BCUT2D eigenvalue weighted by Gasteiger charge is 2.35. The second kappa shape index (κ2) is 6.06. The summed E-state index contributed by atoms with van der Waals surface area (Å²) in [6.45, 7) is 1.76. The maximum atomic E-state index is 14.5. The SMILES string of the molecule is Cc1nn(-c2ccc(=O)[nH]n2)c2c1[C@H](c1c(F)cccc1Cl)CC(=O)N2. The van der Waals surface area contributed by atoms with Crippen LogP contribution in [0.2, 0.25) is 5.02 Å². The summed E-state index contributed by atoms with van der Waals surface area (Å²) in [7, 11) is 0. The van der Waals surface area contributed by atoms with E-state index in [0.717, 1.165) is 0 Å². The smallest absolute Gasteiger partial charge is 0.264 e. The van der Waals surface area contributed by atoms with Gasteiger partial charge in [-0.1, -0.05) is 17.7 Å². The Labute approximate surface area is 151 Å². The van der Waals surface area contributed by atoms with Crippen LogP contribution in [0.15, 0.2) is 35.1 Å². The van der Waals surface area contributed by atoms with E-state index in [9.17, 15) is 14.0 Å². The second-order valence-corrected chi connectivity index (χ2v) is 6.39. The minimum atomic E-state index is -0.566. The van der Waals surface area contributed by atoms with Gasteiger partial charge in [0.25, 0.3) is 5.56 Å². The van der Waals surface area contributed by atoms with E-state index < -0.39 is 11.7 Å². The van der Waals surface area contributed by atoms with E-state index in [-0.39, 0.29) is 28.5 Å². The Kier molecular flexibility index (Phi) is 3.84. The van der Waals surface area contributed by atoms with Crippen LogP contribution in [0, 0.1) is 12.7 Å². The molecule has 9 heteroatoms. The number of hydrogen-bond donors (Lipinski definition) is 2. The van der Waals surface area contributed by atoms with Crippen LogP contribution in [0.5, 0.6) is 0 Å². The van der Waals surface area contributed by atoms with Crippen molar-refractivity contribution in [2.75, 3.05) is 5.32 Å². The number of aromatic nitrogens is 4. The minimum Gasteiger partial charge on any atom is -0.310 e. The first-order valence-electron chi connectivity index (χ1n) is 7.85. The summed E-state index contributed by atoms with van der Waals surface area (Å²) in [5.41, 5.74) is 1.19. The number of carbonyl (C=O) groups is 1. The fraction of sp³-hybridized carbons (Fsp3) is 0.176. The van der Waals surface area contributed by atoms with E-state index in [4.69, 9.17) is 11.6 Å². The van der Waals surface area contributed by atoms with Crippen molar-refractivity contribution >= 4 is 23.3 Å². The number of benzene rings is 1. The number of amides is 1. The Bertz CT molecular complexity index is 1050. The zero-order valence-corrected chi connectivity index (χ0v) is 14.3. The first kappa shape index (κ1) is 16.5. The third-order valence-electron chi connectivity index (χ3n) is 4.33. The number of halogens is 2. The molecular formula is C17H13ClFN5O2. The number of carbonyl (C=O) groups excluding carboxylic acids is 1. The first-order chi connectivity index (χ1) is 12.5. The van der Waals surface area contributed by atoms with Crippen molar-refractivity contribution in [3.8, 4) is 5.82 Å². The number of H-pyrrole nitrogens is 1. The van der Waals surface area contributed by atoms with Crippen LogP contribution < -0.4 is 10.9 Å². The molecule has 26 heavy (non-hydrogen) atoms.